The highest BCUT2D eigenvalue weighted by Gasteiger charge is 2.37. The molecule has 1 atom stereocenters. The van der Waals surface area contributed by atoms with E-state index in [0.29, 0.717) is 43.0 Å². The summed E-state index contributed by atoms with van der Waals surface area (Å²) in [7, 11) is 0. The second-order valence-corrected chi connectivity index (χ2v) is 11.5. The van der Waals surface area contributed by atoms with E-state index in [1.54, 1.807) is 35.4 Å². The Hall–Kier alpha value is -4.44. The molecule has 1 saturated heterocycles. The smallest absolute Gasteiger partial charge is 0.354 e. The maximum absolute atomic E-state index is 17.2. The van der Waals surface area contributed by atoms with E-state index in [4.69, 9.17) is 16.3 Å². The van der Waals surface area contributed by atoms with Gasteiger partial charge in [0.25, 0.3) is 0 Å². The van der Waals surface area contributed by atoms with Crippen molar-refractivity contribution in [1.82, 2.24) is 19.4 Å². The van der Waals surface area contributed by atoms with E-state index in [0.717, 1.165) is 0 Å². The third-order valence-electron chi connectivity index (χ3n) is 8.19. The van der Waals surface area contributed by atoms with Crippen LogP contribution < -0.4 is 15.3 Å². The monoisotopic (exact) mass is 603 g/mol. The van der Waals surface area contributed by atoms with Gasteiger partial charge in [0.1, 0.15) is 17.1 Å². The molecule has 2 aromatic heterocycles. The number of fused-ring (bicyclic) bond motifs is 2. The molecule has 2 aliphatic heterocycles. The van der Waals surface area contributed by atoms with Crippen LogP contribution in [-0.2, 0) is 4.79 Å². The molecule has 2 aliphatic rings. The van der Waals surface area contributed by atoms with Crippen LogP contribution in [0.15, 0.2) is 54.0 Å². The van der Waals surface area contributed by atoms with Gasteiger partial charge >= 0.3 is 5.69 Å². The van der Waals surface area contributed by atoms with Gasteiger partial charge < -0.3 is 19.6 Å². The highest BCUT2D eigenvalue weighted by molar-refractivity contribution is 6.36. The first-order valence-corrected chi connectivity index (χ1v) is 14.5. The Morgan fingerprint density at radius 2 is 2.02 bits per heavy atom. The summed E-state index contributed by atoms with van der Waals surface area (Å²) in [5.41, 5.74) is 1.04. The Kier molecular flexibility index (Phi) is 7.33. The van der Waals surface area contributed by atoms with Gasteiger partial charge in [-0.25, -0.2) is 9.18 Å². The van der Waals surface area contributed by atoms with Gasteiger partial charge in [-0.1, -0.05) is 50.2 Å². The van der Waals surface area contributed by atoms with E-state index in [1.807, 2.05) is 25.7 Å². The first kappa shape index (κ1) is 28.7. The van der Waals surface area contributed by atoms with Crippen molar-refractivity contribution in [1.29, 1.82) is 0 Å². The van der Waals surface area contributed by atoms with Gasteiger partial charge in [-0.15, -0.1) is 0 Å². The predicted molar refractivity (Wildman–Crippen MR) is 164 cm³/mol. The minimum atomic E-state index is -0.801. The van der Waals surface area contributed by atoms with Crippen molar-refractivity contribution >= 4 is 34.2 Å². The van der Waals surface area contributed by atoms with Crippen LogP contribution in [0.1, 0.15) is 37.4 Å². The summed E-state index contributed by atoms with van der Waals surface area (Å²) >= 11 is 6.96. The number of aromatic nitrogens is 3. The average molecular weight is 604 g/mol. The van der Waals surface area contributed by atoms with Gasteiger partial charge in [0.15, 0.2) is 11.6 Å². The van der Waals surface area contributed by atoms with Crippen molar-refractivity contribution in [2.24, 2.45) is 0 Å². The average Bonchev–Trinajstić information content (AvgIpc) is 2.98. The second-order valence-electron chi connectivity index (χ2n) is 11.1. The van der Waals surface area contributed by atoms with E-state index in [2.05, 4.69) is 16.5 Å². The van der Waals surface area contributed by atoms with Crippen LogP contribution in [0.4, 0.5) is 10.2 Å². The van der Waals surface area contributed by atoms with E-state index < -0.39 is 11.5 Å². The molecule has 43 heavy (non-hydrogen) atoms. The van der Waals surface area contributed by atoms with Gasteiger partial charge in [-0.05, 0) is 36.6 Å². The zero-order valence-corrected chi connectivity index (χ0v) is 24.9. The van der Waals surface area contributed by atoms with Gasteiger partial charge in [0.2, 0.25) is 5.91 Å². The van der Waals surface area contributed by atoms with Gasteiger partial charge in [0.05, 0.1) is 34.4 Å². The lowest BCUT2D eigenvalue weighted by Gasteiger charge is -2.43. The van der Waals surface area contributed by atoms with Crippen LogP contribution in [0.25, 0.3) is 27.7 Å². The highest BCUT2D eigenvalue weighted by Crippen LogP contribution is 2.49. The number of piperazine rings is 1. The molecule has 1 amide bonds. The standard InChI is InChI=1S/C32H31ClFN5O4/c1-5-22(41)37-13-14-38-19(16-37)11-15-43-30-24-29(26(34)23(25(30)33)20-8-6-7-9-21(20)40)39(32(42)36-31(24)38)28-18(4)10-12-35-27(28)17(2)3/h5-10,12,17,19,40H,1,11,13-16H2,2-4H3. The molecule has 0 aliphatic carbocycles. The topological polar surface area (TPSA) is 101 Å². The molecule has 6 rings (SSSR count). The largest absolute Gasteiger partial charge is 0.507 e. The number of carbonyl (C=O) groups is 1. The van der Waals surface area contributed by atoms with Crippen molar-refractivity contribution in [2.75, 3.05) is 31.1 Å². The highest BCUT2D eigenvalue weighted by atomic mass is 35.5. The van der Waals surface area contributed by atoms with Crippen molar-refractivity contribution in [3.63, 3.8) is 0 Å². The fraction of sp³-hybridized carbons (Fsp3) is 0.312. The Labute approximate surface area is 252 Å². The summed E-state index contributed by atoms with van der Waals surface area (Å²) in [5, 5.41) is 11.0. The fourth-order valence-corrected chi connectivity index (χ4v) is 6.46. The van der Waals surface area contributed by atoms with Gasteiger partial charge in [-0.3, -0.25) is 14.3 Å². The fourth-order valence-electron chi connectivity index (χ4n) is 6.13. The number of phenols is 1. The number of pyridine rings is 1. The second kappa shape index (κ2) is 11.0. The molecule has 1 N–H and O–H groups in total. The molecule has 0 radical (unpaired) electrons. The van der Waals surface area contributed by atoms with Crippen LogP contribution in [0, 0.1) is 12.7 Å². The normalized spacial score (nSPS) is 16.5. The zero-order valence-electron chi connectivity index (χ0n) is 24.1. The number of halogens is 2. The number of anilines is 1. The number of nitrogens with zero attached hydrogens (tertiary/aromatic N) is 5. The predicted octanol–water partition coefficient (Wildman–Crippen LogP) is 5.36. The summed E-state index contributed by atoms with van der Waals surface area (Å²) < 4.78 is 24.8. The zero-order chi connectivity index (χ0) is 30.6. The van der Waals surface area contributed by atoms with E-state index in [9.17, 15) is 14.7 Å². The first-order chi connectivity index (χ1) is 20.6. The molecular weight excluding hydrogens is 573 g/mol. The van der Waals surface area contributed by atoms with Crippen LogP contribution in [0.3, 0.4) is 0 Å². The maximum atomic E-state index is 17.2. The van der Waals surface area contributed by atoms with E-state index in [1.165, 1.54) is 16.7 Å². The SMILES string of the molecule is C=CC(=O)N1CCN2c3nc(=O)n(-c4c(C)ccnc4C(C)C)c4c(F)c(-c5ccccc5O)c(Cl)c(c34)OCCC2C1. The summed E-state index contributed by atoms with van der Waals surface area (Å²) in [6.07, 6.45) is 3.43. The molecule has 0 saturated carbocycles. The quantitative estimate of drug-likeness (QED) is 0.313. The molecule has 2 aromatic carbocycles. The minimum Gasteiger partial charge on any atom is -0.507 e. The number of amides is 1. The van der Waals surface area contributed by atoms with Crippen molar-refractivity contribution in [3.8, 4) is 28.3 Å². The Morgan fingerprint density at radius 1 is 1.26 bits per heavy atom. The lowest BCUT2D eigenvalue weighted by atomic mass is 9.98. The molecule has 0 bridgehead atoms. The maximum Gasteiger partial charge on any atom is 0.354 e. The third-order valence-corrected chi connectivity index (χ3v) is 8.55. The summed E-state index contributed by atoms with van der Waals surface area (Å²) in [6.45, 7) is 10.6. The molecule has 4 aromatic rings. The molecule has 222 valence electrons. The van der Waals surface area contributed by atoms with Crippen molar-refractivity contribution < 1.29 is 19.0 Å². The van der Waals surface area contributed by atoms with Crippen molar-refractivity contribution in [2.45, 2.75) is 39.2 Å². The molecule has 0 spiro atoms. The lowest BCUT2D eigenvalue weighted by molar-refractivity contribution is -0.126. The van der Waals surface area contributed by atoms with Crippen LogP contribution in [0.2, 0.25) is 5.02 Å². The van der Waals surface area contributed by atoms with Crippen molar-refractivity contribution in [3.05, 3.63) is 81.8 Å². The van der Waals surface area contributed by atoms with E-state index >= 15 is 4.39 Å². The number of carbonyl (C=O) groups excluding carboxylic acids is 1. The van der Waals surface area contributed by atoms with Gasteiger partial charge in [0, 0.05) is 43.4 Å². The number of benzene rings is 2. The summed E-state index contributed by atoms with van der Waals surface area (Å²) in [5.74, 6) is -0.857. The number of hydrogen-bond donors (Lipinski definition) is 1. The lowest BCUT2D eigenvalue weighted by Crippen LogP contribution is -2.56. The summed E-state index contributed by atoms with van der Waals surface area (Å²) in [4.78, 5) is 39.3. The molecule has 1 fully saturated rings. The summed E-state index contributed by atoms with van der Waals surface area (Å²) in [6, 6.07) is 7.82. The van der Waals surface area contributed by atoms with Crippen LogP contribution >= 0.6 is 11.6 Å². The number of hydrogen-bond acceptors (Lipinski definition) is 7. The molecule has 9 nitrogen and oxygen atoms in total. The number of aryl methyl sites for hydroxylation is 1. The van der Waals surface area contributed by atoms with Gasteiger partial charge in [-0.2, -0.15) is 4.98 Å². The van der Waals surface area contributed by atoms with Crippen LogP contribution in [-0.4, -0.2) is 62.7 Å². The molecule has 11 heteroatoms. The number of ether oxygens (including phenoxy) is 1. The van der Waals surface area contributed by atoms with E-state index in [-0.39, 0.29) is 68.8 Å². The molecule has 4 heterocycles. The number of phenolic OH excluding ortho intramolecular Hbond substituents is 1. The number of aromatic hydroxyl groups is 1. The Bertz CT molecular complexity index is 1860. The number of rotatable bonds is 4. The van der Waals surface area contributed by atoms with Crippen LogP contribution in [0.5, 0.6) is 11.5 Å². The molecule has 1 unspecified atom stereocenters. The third kappa shape index (κ3) is 4.60. The minimum absolute atomic E-state index is 0.0364. The Morgan fingerprint density at radius 3 is 2.74 bits per heavy atom. The Balaban J connectivity index is 1.75. The number of para-hydroxylation sites is 1. The first-order valence-electron chi connectivity index (χ1n) is 14.2. The molecular formula is C32H31ClFN5O4.